The fraction of sp³-hybridized carbons (Fsp3) is 0.526. The standard InChI is InChI=1S/C19H26ClN3O/c1-3-15(12-23-8-4-5-9-23)22-19(24)11-16-13(2)21-18-7-6-14(20)10-17(16)18/h6-7,10,15,21H,3-5,8-9,11-12H2,1-2H3,(H,22,24)/t15-/m1/s1. The molecule has 5 heteroatoms. The number of likely N-dealkylation sites (tertiary alicyclic amines) is 1. The highest BCUT2D eigenvalue weighted by atomic mass is 35.5. The van der Waals surface area contributed by atoms with Crippen LogP contribution in [0.3, 0.4) is 0 Å². The number of hydrogen-bond donors (Lipinski definition) is 2. The van der Waals surface area contributed by atoms with Gasteiger partial charge in [0.25, 0.3) is 0 Å². The highest BCUT2D eigenvalue weighted by Gasteiger charge is 2.19. The van der Waals surface area contributed by atoms with E-state index in [9.17, 15) is 4.79 Å². The van der Waals surface area contributed by atoms with Crippen LogP contribution in [0, 0.1) is 6.92 Å². The van der Waals surface area contributed by atoms with Crippen molar-refractivity contribution in [2.24, 2.45) is 0 Å². The van der Waals surface area contributed by atoms with Crippen LogP contribution < -0.4 is 5.32 Å². The van der Waals surface area contributed by atoms with Crippen LogP contribution in [0.1, 0.15) is 37.4 Å². The van der Waals surface area contributed by atoms with Crippen molar-refractivity contribution < 1.29 is 4.79 Å². The van der Waals surface area contributed by atoms with Gasteiger partial charge in [-0.3, -0.25) is 4.79 Å². The van der Waals surface area contributed by atoms with E-state index in [4.69, 9.17) is 11.6 Å². The third kappa shape index (κ3) is 3.93. The lowest BCUT2D eigenvalue weighted by molar-refractivity contribution is -0.121. The third-order valence-electron chi connectivity index (χ3n) is 4.95. The number of nitrogens with one attached hydrogen (secondary N) is 2. The van der Waals surface area contributed by atoms with E-state index in [1.165, 1.54) is 12.8 Å². The first-order chi connectivity index (χ1) is 11.6. The highest BCUT2D eigenvalue weighted by Crippen LogP contribution is 2.25. The first kappa shape index (κ1) is 17.3. The fourth-order valence-corrected chi connectivity index (χ4v) is 3.75. The second-order valence-electron chi connectivity index (χ2n) is 6.78. The van der Waals surface area contributed by atoms with E-state index < -0.39 is 0 Å². The predicted octanol–water partition coefficient (Wildman–Crippen LogP) is 3.66. The van der Waals surface area contributed by atoms with Gasteiger partial charge in [0.2, 0.25) is 5.91 Å². The molecule has 1 aliphatic rings. The van der Waals surface area contributed by atoms with Crippen LogP contribution in [-0.2, 0) is 11.2 Å². The van der Waals surface area contributed by atoms with E-state index in [-0.39, 0.29) is 11.9 Å². The molecule has 24 heavy (non-hydrogen) atoms. The molecule has 1 atom stereocenters. The van der Waals surface area contributed by atoms with Crippen molar-refractivity contribution in [2.75, 3.05) is 19.6 Å². The molecule has 0 bridgehead atoms. The van der Waals surface area contributed by atoms with Crippen molar-refractivity contribution in [3.05, 3.63) is 34.5 Å². The molecule has 0 unspecified atom stereocenters. The molecule has 2 N–H and O–H groups in total. The van der Waals surface area contributed by atoms with E-state index in [0.717, 1.165) is 48.2 Å². The maximum atomic E-state index is 12.6. The molecule has 1 aromatic heterocycles. The predicted molar refractivity (Wildman–Crippen MR) is 99.6 cm³/mol. The zero-order chi connectivity index (χ0) is 17.1. The number of amides is 1. The van der Waals surface area contributed by atoms with Crippen LogP contribution in [0.4, 0.5) is 0 Å². The number of halogens is 1. The Hall–Kier alpha value is -1.52. The largest absolute Gasteiger partial charge is 0.358 e. The zero-order valence-corrected chi connectivity index (χ0v) is 15.2. The van der Waals surface area contributed by atoms with Gasteiger partial charge in [-0.15, -0.1) is 0 Å². The molecule has 0 aliphatic carbocycles. The van der Waals surface area contributed by atoms with E-state index >= 15 is 0 Å². The Labute approximate surface area is 148 Å². The molecule has 1 aliphatic heterocycles. The topological polar surface area (TPSA) is 48.1 Å². The van der Waals surface area contributed by atoms with E-state index in [1.807, 2.05) is 25.1 Å². The lowest BCUT2D eigenvalue weighted by Gasteiger charge is -2.23. The van der Waals surface area contributed by atoms with Crippen molar-refractivity contribution in [2.45, 2.75) is 45.6 Å². The Kier molecular flexibility index (Phi) is 5.47. The fourth-order valence-electron chi connectivity index (χ4n) is 3.58. The lowest BCUT2D eigenvalue weighted by Crippen LogP contribution is -2.43. The van der Waals surface area contributed by atoms with Crippen LogP contribution in [-0.4, -0.2) is 41.5 Å². The summed E-state index contributed by atoms with van der Waals surface area (Å²) in [5, 5.41) is 4.95. The monoisotopic (exact) mass is 347 g/mol. The minimum Gasteiger partial charge on any atom is -0.358 e. The van der Waals surface area contributed by atoms with Crippen LogP contribution >= 0.6 is 11.6 Å². The Morgan fingerprint density at radius 3 is 2.83 bits per heavy atom. The number of carbonyl (C=O) groups is 1. The minimum absolute atomic E-state index is 0.0880. The van der Waals surface area contributed by atoms with Gasteiger partial charge in [-0.25, -0.2) is 0 Å². The molecular weight excluding hydrogens is 322 g/mol. The van der Waals surface area contributed by atoms with E-state index in [2.05, 4.69) is 22.1 Å². The summed E-state index contributed by atoms with van der Waals surface area (Å²) >= 11 is 6.12. The van der Waals surface area contributed by atoms with Gasteiger partial charge in [-0.1, -0.05) is 18.5 Å². The first-order valence-electron chi connectivity index (χ1n) is 8.85. The number of hydrogen-bond acceptors (Lipinski definition) is 2. The van der Waals surface area contributed by atoms with Gasteiger partial charge in [0.05, 0.1) is 6.42 Å². The number of aryl methyl sites for hydroxylation is 1. The summed E-state index contributed by atoms with van der Waals surface area (Å²) in [6.45, 7) is 7.43. The van der Waals surface area contributed by atoms with Crippen molar-refractivity contribution >= 4 is 28.4 Å². The summed E-state index contributed by atoms with van der Waals surface area (Å²) in [5.41, 5.74) is 3.11. The number of benzene rings is 1. The van der Waals surface area contributed by atoms with Gasteiger partial charge < -0.3 is 15.2 Å². The summed E-state index contributed by atoms with van der Waals surface area (Å²) in [6.07, 6.45) is 3.91. The second-order valence-corrected chi connectivity index (χ2v) is 7.21. The summed E-state index contributed by atoms with van der Waals surface area (Å²) in [5.74, 6) is 0.0880. The lowest BCUT2D eigenvalue weighted by atomic mass is 10.1. The maximum Gasteiger partial charge on any atom is 0.224 e. The third-order valence-corrected chi connectivity index (χ3v) is 5.19. The molecule has 0 radical (unpaired) electrons. The molecule has 1 aromatic carbocycles. The van der Waals surface area contributed by atoms with Crippen molar-refractivity contribution in [1.29, 1.82) is 0 Å². The second kappa shape index (κ2) is 7.58. The molecular formula is C19H26ClN3O. The van der Waals surface area contributed by atoms with E-state index in [0.29, 0.717) is 11.4 Å². The van der Waals surface area contributed by atoms with Gasteiger partial charge in [-0.05, 0) is 63.0 Å². The molecule has 0 saturated carbocycles. The summed E-state index contributed by atoms with van der Waals surface area (Å²) in [7, 11) is 0. The van der Waals surface area contributed by atoms with Crippen LogP contribution in [0.2, 0.25) is 5.02 Å². The molecule has 0 spiro atoms. The maximum absolute atomic E-state index is 12.6. The molecule has 1 fully saturated rings. The number of fused-ring (bicyclic) bond motifs is 1. The van der Waals surface area contributed by atoms with E-state index in [1.54, 1.807) is 0 Å². The summed E-state index contributed by atoms with van der Waals surface area (Å²) < 4.78 is 0. The quantitative estimate of drug-likeness (QED) is 0.837. The minimum atomic E-state index is 0.0880. The van der Waals surface area contributed by atoms with Crippen LogP contribution in [0.5, 0.6) is 0 Å². The number of aromatic nitrogens is 1. The summed E-state index contributed by atoms with van der Waals surface area (Å²) in [4.78, 5) is 18.3. The van der Waals surface area contributed by atoms with Crippen molar-refractivity contribution in [3.8, 4) is 0 Å². The van der Waals surface area contributed by atoms with Gasteiger partial charge >= 0.3 is 0 Å². The number of carbonyl (C=O) groups excluding carboxylic acids is 1. The SMILES string of the molecule is CC[C@H](CN1CCCC1)NC(=O)Cc1c(C)[nH]c2ccc(Cl)cc12. The van der Waals surface area contributed by atoms with Gasteiger partial charge in [0, 0.05) is 34.2 Å². The molecule has 2 aromatic rings. The molecule has 1 saturated heterocycles. The normalized spacial score (nSPS) is 16.6. The smallest absolute Gasteiger partial charge is 0.224 e. The number of nitrogens with zero attached hydrogens (tertiary/aromatic N) is 1. The number of aromatic amines is 1. The number of rotatable bonds is 6. The van der Waals surface area contributed by atoms with Gasteiger partial charge in [0.15, 0.2) is 0 Å². The zero-order valence-electron chi connectivity index (χ0n) is 14.5. The van der Waals surface area contributed by atoms with Crippen LogP contribution in [0.25, 0.3) is 10.9 Å². The average Bonchev–Trinajstić information content (AvgIpc) is 3.16. The van der Waals surface area contributed by atoms with Gasteiger partial charge in [-0.2, -0.15) is 0 Å². The molecule has 1 amide bonds. The van der Waals surface area contributed by atoms with Crippen molar-refractivity contribution in [1.82, 2.24) is 15.2 Å². The van der Waals surface area contributed by atoms with Crippen LogP contribution in [0.15, 0.2) is 18.2 Å². The Balaban J connectivity index is 1.67. The Morgan fingerprint density at radius 2 is 2.12 bits per heavy atom. The molecule has 4 nitrogen and oxygen atoms in total. The Bertz CT molecular complexity index is 719. The summed E-state index contributed by atoms with van der Waals surface area (Å²) in [6, 6.07) is 6.00. The molecule has 130 valence electrons. The molecule has 3 rings (SSSR count). The highest BCUT2D eigenvalue weighted by molar-refractivity contribution is 6.31. The van der Waals surface area contributed by atoms with Gasteiger partial charge in [0.1, 0.15) is 0 Å². The van der Waals surface area contributed by atoms with Crippen molar-refractivity contribution in [3.63, 3.8) is 0 Å². The average molecular weight is 348 g/mol. The molecule has 2 heterocycles. The number of H-pyrrole nitrogens is 1. The first-order valence-corrected chi connectivity index (χ1v) is 9.23. The Morgan fingerprint density at radius 1 is 1.38 bits per heavy atom.